The van der Waals surface area contributed by atoms with Crippen molar-refractivity contribution in [1.29, 1.82) is 0 Å². The summed E-state index contributed by atoms with van der Waals surface area (Å²) in [6, 6.07) is 16.0. The van der Waals surface area contributed by atoms with Gasteiger partial charge in [-0.3, -0.25) is 13.9 Å². The predicted molar refractivity (Wildman–Crippen MR) is 169 cm³/mol. The van der Waals surface area contributed by atoms with Crippen molar-refractivity contribution in [2.24, 2.45) is 0 Å². The van der Waals surface area contributed by atoms with Crippen molar-refractivity contribution < 1.29 is 31.9 Å². The minimum absolute atomic E-state index is 0.0444. The van der Waals surface area contributed by atoms with Gasteiger partial charge in [-0.1, -0.05) is 56.0 Å². The molecular formula is C34H40FN3O6S. The van der Waals surface area contributed by atoms with Crippen LogP contribution in [0.3, 0.4) is 0 Å². The van der Waals surface area contributed by atoms with E-state index in [1.165, 1.54) is 35.2 Å². The van der Waals surface area contributed by atoms with E-state index in [1.54, 1.807) is 0 Å². The van der Waals surface area contributed by atoms with Crippen LogP contribution in [0.15, 0.2) is 71.6 Å². The number of hydrogen-bond acceptors (Lipinski definition) is 6. The molecule has 2 amide bonds. The van der Waals surface area contributed by atoms with E-state index in [-0.39, 0.29) is 41.4 Å². The molecule has 1 saturated carbocycles. The fraction of sp³-hybridized carbons (Fsp3) is 0.412. The molecule has 0 saturated heterocycles. The molecule has 1 heterocycles. The number of anilines is 1. The van der Waals surface area contributed by atoms with E-state index in [2.05, 4.69) is 5.32 Å². The van der Waals surface area contributed by atoms with Crippen LogP contribution < -0.4 is 19.1 Å². The third-order valence-electron chi connectivity index (χ3n) is 8.31. The number of carbonyl (C=O) groups is 2. The van der Waals surface area contributed by atoms with E-state index >= 15 is 0 Å². The zero-order valence-electron chi connectivity index (χ0n) is 25.7. The van der Waals surface area contributed by atoms with Crippen molar-refractivity contribution in [3.63, 3.8) is 0 Å². The predicted octanol–water partition coefficient (Wildman–Crippen LogP) is 5.36. The number of rotatable bonds is 11. The Morgan fingerprint density at radius 3 is 2.27 bits per heavy atom. The summed E-state index contributed by atoms with van der Waals surface area (Å²) in [6.45, 7) is 3.91. The highest BCUT2D eigenvalue weighted by molar-refractivity contribution is 7.92. The fourth-order valence-electron chi connectivity index (χ4n) is 5.80. The van der Waals surface area contributed by atoms with Gasteiger partial charge in [-0.05, 0) is 68.1 Å². The number of hydrogen-bond donors (Lipinski definition) is 1. The van der Waals surface area contributed by atoms with E-state index in [9.17, 15) is 22.4 Å². The summed E-state index contributed by atoms with van der Waals surface area (Å²) in [5.41, 5.74) is 1.96. The molecule has 3 aromatic rings. The maximum atomic E-state index is 14.3. The molecule has 1 aliphatic heterocycles. The average Bonchev–Trinajstić information content (AvgIpc) is 3.05. The van der Waals surface area contributed by atoms with Gasteiger partial charge in [-0.25, -0.2) is 12.8 Å². The number of benzene rings is 3. The lowest BCUT2D eigenvalue weighted by Crippen LogP contribution is -2.54. The van der Waals surface area contributed by atoms with Crippen molar-refractivity contribution in [2.45, 2.75) is 75.9 Å². The Kier molecular flexibility index (Phi) is 10.3. The Hall–Kier alpha value is -4.12. The van der Waals surface area contributed by atoms with E-state index in [0.717, 1.165) is 59.7 Å². The van der Waals surface area contributed by atoms with Crippen LogP contribution in [0.5, 0.6) is 11.5 Å². The minimum Gasteiger partial charge on any atom is -0.486 e. The molecule has 0 radical (unpaired) electrons. The number of ether oxygens (including phenoxy) is 2. The van der Waals surface area contributed by atoms with Crippen molar-refractivity contribution in [3.05, 3.63) is 83.7 Å². The van der Waals surface area contributed by atoms with Crippen molar-refractivity contribution in [2.75, 3.05) is 24.1 Å². The summed E-state index contributed by atoms with van der Waals surface area (Å²) in [5, 5.41) is 3.14. The van der Waals surface area contributed by atoms with Gasteiger partial charge in [0.05, 0.1) is 10.6 Å². The van der Waals surface area contributed by atoms with Crippen LogP contribution in [0.1, 0.15) is 56.6 Å². The number of sulfonamides is 1. The first-order valence-electron chi connectivity index (χ1n) is 15.5. The summed E-state index contributed by atoms with van der Waals surface area (Å²) < 4.78 is 54.4. The highest BCUT2D eigenvalue weighted by atomic mass is 32.2. The molecule has 3 aromatic carbocycles. The Bertz CT molecular complexity index is 1590. The Balaban J connectivity index is 1.49. The normalized spacial score (nSPS) is 15.6. The van der Waals surface area contributed by atoms with Crippen LogP contribution in [0.25, 0.3) is 0 Å². The molecule has 0 aromatic heterocycles. The van der Waals surface area contributed by atoms with E-state index in [1.807, 2.05) is 38.1 Å². The highest BCUT2D eigenvalue weighted by Crippen LogP contribution is 2.34. The van der Waals surface area contributed by atoms with Crippen molar-refractivity contribution in [3.8, 4) is 11.5 Å². The van der Waals surface area contributed by atoms with Crippen LogP contribution in [0, 0.1) is 12.7 Å². The second-order valence-electron chi connectivity index (χ2n) is 11.6. The molecule has 0 spiro atoms. The number of carbonyl (C=O) groups excluding carboxylic acids is 2. The molecule has 11 heteroatoms. The van der Waals surface area contributed by atoms with E-state index < -0.39 is 34.3 Å². The van der Waals surface area contributed by atoms with Gasteiger partial charge >= 0.3 is 0 Å². The number of amides is 2. The summed E-state index contributed by atoms with van der Waals surface area (Å²) in [7, 11) is -4.36. The average molecular weight is 638 g/mol. The van der Waals surface area contributed by atoms with Crippen LogP contribution in [0.4, 0.5) is 10.1 Å². The summed E-state index contributed by atoms with van der Waals surface area (Å²) >= 11 is 0. The molecule has 0 bridgehead atoms. The second-order valence-corrected chi connectivity index (χ2v) is 13.4. The van der Waals surface area contributed by atoms with E-state index in [0.29, 0.717) is 18.8 Å². The van der Waals surface area contributed by atoms with Crippen molar-refractivity contribution >= 4 is 27.5 Å². The second kappa shape index (κ2) is 14.3. The van der Waals surface area contributed by atoms with Crippen LogP contribution in [-0.4, -0.2) is 57.0 Å². The molecule has 1 unspecified atom stereocenters. The standard InChI is InChI=1S/C34H40FN3O6S/c1-3-30(34(40)36-27-7-5-4-6-8-27)37(22-25-11-9-24(2)10-12-25)33(39)23-38(28-15-13-26(35)14-16-28)45(41,42)29-17-18-31-32(21-29)44-20-19-43-31/h9-18,21,27,30H,3-8,19-20,22-23H2,1-2H3,(H,36,40). The van der Waals surface area contributed by atoms with Gasteiger partial charge in [-0.2, -0.15) is 0 Å². The number of aryl methyl sites for hydroxylation is 1. The zero-order chi connectivity index (χ0) is 32.0. The first kappa shape index (κ1) is 32.3. The first-order chi connectivity index (χ1) is 21.7. The lowest BCUT2D eigenvalue weighted by atomic mass is 9.95. The van der Waals surface area contributed by atoms with Gasteiger partial charge in [0.15, 0.2) is 11.5 Å². The number of fused-ring (bicyclic) bond motifs is 1. The molecule has 45 heavy (non-hydrogen) atoms. The fourth-order valence-corrected chi connectivity index (χ4v) is 7.23. The van der Waals surface area contributed by atoms with Gasteiger partial charge in [0.1, 0.15) is 31.6 Å². The summed E-state index contributed by atoms with van der Waals surface area (Å²) in [5.74, 6) is -0.671. The molecule has 240 valence electrons. The third-order valence-corrected chi connectivity index (χ3v) is 10.1. The number of nitrogens with zero attached hydrogens (tertiary/aromatic N) is 2. The highest BCUT2D eigenvalue weighted by Gasteiger charge is 2.35. The van der Waals surface area contributed by atoms with Crippen LogP contribution >= 0.6 is 0 Å². The van der Waals surface area contributed by atoms with Crippen LogP contribution in [0.2, 0.25) is 0 Å². The lowest BCUT2D eigenvalue weighted by molar-refractivity contribution is -0.140. The monoisotopic (exact) mass is 637 g/mol. The maximum Gasteiger partial charge on any atom is 0.264 e. The number of halogens is 1. The maximum absolute atomic E-state index is 14.3. The SMILES string of the molecule is CCC(C(=O)NC1CCCCC1)N(Cc1ccc(C)cc1)C(=O)CN(c1ccc(F)cc1)S(=O)(=O)c1ccc2c(c1)OCCO2. The Morgan fingerprint density at radius 1 is 0.933 bits per heavy atom. The first-order valence-corrected chi connectivity index (χ1v) is 16.9. The molecule has 1 atom stereocenters. The molecule has 1 N–H and O–H groups in total. The van der Waals surface area contributed by atoms with Gasteiger partial charge < -0.3 is 19.7 Å². The number of nitrogens with one attached hydrogen (secondary N) is 1. The van der Waals surface area contributed by atoms with E-state index in [4.69, 9.17) is 9.47 Å². The molecule has 1 fully saturated rings. The summed E-state index contributed by atoms with van der Waals surface area (Å²) in [4.78, 5) is 29.3. The minimum atomic E-state index is -4.36. The molecule has 2 aliphatic rings. The topological polar surface area (TPSA) is 105 Å². The zero-order valence-corrected chi connectivity index (χ0v) is 26.5. The Labute approximate surface area is 264 Å². The quantitative estimate of drug-likeness (QED) is 0.304. The lowest BCUT2D eigenvalue weighted by Gasteiger charge is -2.34. The molecule has 1 aliphatic carbocycles. The Morgan fingerprint density at radius 2 is 1.60 bits per heavy atom. The van der Waals surface area contributed by atoms with Gasteiger partial charge in [0.25, 0.3) is 10.0 Å². The molecular weight excluding hydrogens is 597 g/mol. The summed E-state index contributed by atoms with van der Waals surface area (Å²) in [6.07, 6.45) is 5.33. The van der Waals surface area contributed by atoms with Gasteiger partial charge in [0.2, 0.25) is 11.8 Å². The van der Waals surface area contributed by atoms with Crippen molar-refractivity contribution in [1.82, 2.24) is 10.2 Å². The van der Waals surface area contributed by atoms with Gasteiger partial charge in [-0.15, -0.1) is 0 Å². The third kappa shape index (κ3) is 7.76. The van der Waals surface area contributed by atoms with Crippen LogP contribution in [-0.2, 0) is 26.2 Å². The largest absolute Gasteiger partial charge is 0.486 e. The van der Waals surface area contributed by atoms with Gasteiger partial charge in [0, 0.05) is 18.7 Å². The molecule has 5 rings (SSSR count). The smallest absolute Gasteiger partial charge is 0.264 e. The molecule has 9 nitrogen and oxygen atoms in total.